The Labute approximate surface area is 97.6 Å². The van der Waals surface area contributed by atoms with Gasteiger partial charge in [-0.3, -0.25) is 10.1 Å². The zero-order valence-electron chi connectivity index (χ0n) is 8.88. The van der Waals surface area contributed by atoms with Crippen molar-refractivity contribution < 1.29 is 14.8 Å². The van der Waals surface area contributed by atoms with E-state index in [1.807, 2.05) is 0 Å². The molecule has 0 radical (unpaired) electrons. The van der Waals surface area contributed by atoms with Gasteiger partial charge in [-0.1, -0.05) is 0 Å². The number of rotatable bonds is 6. The van der Waals surface area contributed by atoms with E-state index in [4.69, 9.17) is 9.84 Å². The van der Waals surface area contributed by atoms with E-state index in [1.54, 1.807) is 6.07 Å². The highest BCUT2D eigenvalue weighted by molar-refractivity contribution is 7.98. The van der Waals surface area contributed by atoms with Gasteiger partial charge in [0.1, 0.15) is 5.75 Å². The van der Waals surface area contributed by atoms with Crippen molar-refractivity contribution in [3.8, 4) is 5.75 Å². The number of hydrogen-bond acceptors (Lipinski definition) is 5. The molecule has 0 heterocycles. The molecule has 16 heavy (non-hydrogen) atoms. The van der Waals surface area contributed by atoms with Crippen LogP contribution in [0.2, 0.25) is 0 Å². The quantitative estimate of drug-likeness (QED) is 0.469. The molecule has 0 atom stereocenters. The molecular weight excluding hydrogens is 230 g/mol. The van der Waals surface area contributed by atoms with Crippen LogP contribution in [0.1, 0.15) is 5.56 Å². The summed E-state index contributed by atoms with van der Waals surface area (Å²) in [5.74, 6) is 1.83. The van der Waals surface area contributed by atoms with Gasteiger partial charge in [0, 0.05) is 29.2 Å². The average Bonchev–Trinajstić information content (AvgIpc) is 2.29. The summed E-state index contributed by atoms with van der Waals surface area (Å²) in [6.07, 6.45) is 0. The van der Waals surface area contributed by atoms with Crippen molar-refractivity contribution >= 4 is 17.4 Å². The molecule has 1 rings (SSSR count). The Bertz CT molecular complexity index is 370. The van der Waals surface area contributed by atoms with Crippen molar-refractivity contribution in [1.82, 2.24) is 0 Å². The van der Waals surface area contributed by atoms with Gasteiger partial charge in [0.05, 0.1) is 18.6 Å². The minimum absolute atomic E-state index is 0.0559. The van der Waals surface area contributed by atoms with Gasteiger partial charge in [0.15, 0.2) is 0 Å². The van der Waals surface area contributed by atoms with E-state index in [9.17, 15) is 10.1 Å². The molecule has 0 aromatic heterocycles. The second kappa shape index (κ2) is 6.34. The maximum Gasteiger partial charge on any atom is 0.270 e. The van der Waals surface area contributed by atoms with Gasteiger partial charge < -0.3 is 9.84 Å². The maximum atomic E-state index is 10.6. The summed E-state index contributed by atoms with van der Waals surface area (Å²) in [7, 11) is 1.53. The summed E-state index contributed by atoms with van der Waals surface area (Å²) < 4.78 is 5.11. The number of non-ortho nitro benzene ring substituents is 1. The number of benzene rings is 1. The van der Waals surface area contributed by atoms with Crippen LogP contribution in [-0.2, 0) is 5.75 Å². The largest absolute Gasteiger partial charge is 0.496 e. The van der Waals surface area contributed by atoms with Crippen LogP contribution in [0.3, 0.4) is 0 Å². The Hall–Kier alpha value is -1.27. The summed E-state index contributed by atoms with van der Waals surface area (Å²) in [4.78, 5) is 10.2. The zero-order chi connectivity index (χ0) is 12.0. The van der Waals surface area contributed by atoms with E-state index in [2.05, 4.69) is 0 Å². The lowest BCUT2D eigenvalue weighted by molar-refractivity contribution is -0.384. The number of nitrogens with zero attached hydrogens (tertiary/aromatic N) is 1. The van der Waals surface area contributed by atoms with Gasteiger partial charge in [0.2, 0.25) is 0 Å². The normalized spacial score (nSPS) is 10.1. The highest BCUT2D eigenvalue weighted by Crippen LogP contribution is 2.27. The van der Waals surface area contributed by atoms with Crippen molar-refractivity contribution in [3.63, 3.8) is 0 Å². The number of thioether (sulfide) groups is 1. The molecule has 0 saturated heterocycles. The standard InChI is InChI=1S/C10H13NO4S/c1-15-10-3-2-9(11(13)14)6-8(10)7-16-5-4-12/h2-3,6,12H,4-5,7H2,1H3. The van der Waals surface area contributed by atoms with E-state index in [0.29, 0.717) is 17.3 Å². The molecule has 6 heteroatoms. The number of nitro benzene ring substituents is 1. The van der Waals surface area contributed by atoms with Crippen LogP contribution in [0.25, 0.3) is 0 Å². The summed E-state index contributed by atoms with van der Waals surface area (Å²) in [5.41, 5.74) is 0.829. The monoisotopic (exact) mass is 243 g/mol. The number of aliphatic hydroxyl groups excluding tert-OH is 1. The summed E-state index contributed by atoms with van der Waals surface area (Å²) in [6, 6.07) is 4.51. The smallest absolute Gasteiger partial charge is 0.270 e. The van der Waals surface area contributed by atoms with Crippen molar-refractivity contribution in [2.45, 2.75) is 5.75 Å². The predicted molar refractivity (Wildman–Crippen MR) is 62.9 cm³/mol. The number of nitro groups is 1. The molecule has 0 saturated carbocycles. The van der Waals surface area contributed by atoms with Crippen LogP contribution in [0.4, 0.5) is 5.69 Å². The molecule has 0 unspecified atom stereocenters. The lowest BCUT2D eigenvalue weighted by Crippen LogP contribution is -1.95. The van der Waals surface area contributed by atoms with Crippen LogP contribution in [0, 0.1) is 10.1 Å². The maximum absolute atomic E-state index is 10.6. The molecular formula is C10H13NO4S. The second-order valence-electron chi connectivity index (χ2n) is 3.03. The minimum atomic E-state index is -0.431. The Morgan fingerprint density at radius 3 is 2.88 bits per heavy atom. The van der Waals surface area contributed by atoms with E-state index in [0.717, 1.165) is 5.56 Å². The third-order valence-corrected chi connectivity index (χ3v) is 2.95. The first-order chi connectivity index (χ1) is 7.69. The van der Waals surface area contributed by atoms with Crippen LogP contribution < -0.4 is 4.74 Å². The van der Waals surface area contributed by atoms with E-state index < -0.39 is 4.92 Å². The molecule has 0 amide bonds. The molecule has 5 nitrogen and oxygen atoms in total. The van der Waals surface area contributed by atoms with Gasteiger partial charge in [-0.05, 0) is 6.07 Å². The number of methoxy groups -OCH3 is 1. The van der Waals surface area contributed by atoms with E-state index >= 15 is 0 Å². The third-order valence-electron chi connectivity index (χ3n) is 1.97. The van der Waals surface area contributed by atoms with Crippen molar-refractivity contribution in [1.29, 1.82) is 0 Å². The molecule has 0 fully saturated rings. The van der Waals surface area contributed by atoms with Gasteiger partial charge in [-0.25, -0.2) is 0 Å². The fraction of sp³-hybridized carbons (Fsp3) is 0.400. The molecule has 0 spiro atoms. The van der Waals surface area contributed by atoms with Crippen LogP contribution >= 0.6 is 11.8 Å². The number of ether oxygens (including phenoxy) is 1. The van der Waals surface area contributed by atoms with Gasteiger partial charge in [0.25, 0.3) is 5.69 Å². The predicted octanol–water partition coefficient (Wildman–Crippen LogP) is 1.83. The molecule has 0 aliphatic rings. The Morgan fingerprint density at radius 1 is 1.56 bits per heavy atom. The first-order valence-corrected chi connectivity index (χ1v) is 5.84. The molecule has 1 aromatic carbocycles. The molecule has 0 aliphatic carbocycles. The van der Waals surface area contributed by atoms with Crippen LogP contribution in [0.15, 0.2) is 18.2 Å². The van der Waals surface area contributed by atoms with E-state index in [-0.39, 0.29) is 12.3 Å². The van der Waals surface area contributed by atoms with Gasteiger partial charge in [-0.15, -0.1) is 0 Å². The van der Waals surface area contributed by atoms with Crippen molar-refractivity contribution in [3.05, 3.63) is 33.9 Å². The molecule has 1 N–H and O–H groups in total. The molecule has 0 bridgehead atoms. The molecule has 1 aromatic rings. The average molecular weight is 243 g/mol. The fourth-order valence-electron chi connectivity index (χ4n) is 1.24. The second-order valence-corrected chi connectivity index (χ2v) is 4.13. The Morgan fingerprint density at radius 2 is 2.31 bits per heavy atom. The van der Waals surface area contributed by atoms with Crippen LogP contribution in [0.5, 0.6) is 5.75 Å². The summed E-state index contributed by atoms with van der Waals surface area (Å²) in [5, 5.41) is 19.3. The Balaban J connectivity index is 2.84. The third kappa shape index (κ3) is 3.39. The highest BCUT2D eigenvalue weighted by atomic mass is 32.2. The van der Waals surface area contributed by atoms with Crippen molar-refractivity contribution in [2.24, 2.45) is 0 Å². The van der Waals surface area contributed by atoms with Gasteiger partial charge in [-0.2, -0.15) is 11.8 Å². The van der Waals surface area contributed by atoms with Crippen molar-refractivity contribution in [2.75, 3.05) is 19.5 Å². The first-order valence-electron chi connectivity index (χ1n) is 4.69. The minimum Gasteiger partial charge on any atom is -0.496 e. The van der Waals surface area contributed by atoms with Crippen LogP contribution in [-0.4, -0.2) is 29.5 Å². The fourth-order valence-corrected chi connectivity index (χ4v) is 1.96. The highest BCUT2D eigenvalue weighted by Gasteiger charge is 2.10. The van der Waals surface area contributed by atoms with E-state index in [1.165, 1.54) is 31.0 Å². The lowest BCUT2D eigenvalue weighted by atomic mass is 10.2. The SMILES string of the molecule is COc1ccc([N+](=O)[O-])cc1CSCCO. The zero-order valence-corrected chi connectivity index (χ0v) is 9.70. The molecule has 0 aliphatic heterocycles. The summed E-state index contributed by atoms with van der Waals surface area (Å²) in [6.45, 7) is 0.0991. The first kappa shape index (κ1) is 12.8. The Kier molecular flexibility index (Phi) is 5.07. The number of aliphatic hydroxyl groups is 1. The molecule has 88 valence electrons. The topological polar surface area (TPSA) is 72.6 Å². The lowest BCUT2D eigenvalue weighted by Gasteiger charge is -2.07. The number of hydrogen-bond donors (Lipinski definition) is 1. The summed E-state index contributed by atoms with van der Waals surface area (Å²) >= 11 is 1.50. The van der Waals surface area contributed by atoms with Gasteiger partial charge >= 0.3 is 0 Å².